The van der Waals surface area contributed by atoms with Gasteiger partial charge in [0.15, 0.2) is 5.76 Å². The third kappa shape index (κ3) is 3.96. The maximum atomic E-state index is 12.7. The molecule has 1 unspecified atom stereocenters. The van der Waals surface area contributed by atoms with Gasteiger partial charge in [0.25, 0.3) is 5.91 Å². The highest BCUT2D eigenvalue weighted by Crippen LogP contribution is 2.19. The Morgan fingerprint density at radius 1 is 1.29 bits per heavy atom. The number of benzene rings is 1. The van der Waals surface area contributed by atoms with Crippen molar-refractivity contribution in [1.82, 2.24) is 4.90 Å². The monoisotopic (exact) mass is 331 g/mol. The minimum atomic E-state index is -0.143. The molecule has 24 heavy (non-hydrogen) atoms. The molecule has 1 aliphatic heterocycles. The molecule has 6 nitrogen and oxygen atoms in total. The number of ether oxygens (including phenoxy) is 3. The van der Waals surface area contributed by atoms with Crippen molar-refractivity contribution < 1.29 is 23.4 Å². The Hall–Kier alpha value is -2.31. The number of carbonyl (C=O) groups is 1. The average Bonchev–Trinajstić information content (AvgIpc) is 3.09. The van der Waals surface area contributed by atoms with Gasteiger partial charge in [0.05, 0.1) is 25.6 Å². The molecule has 1 fully saturated rings. The standard InChI is InChI=1S/C18H21NO5/c1-21-13-16-11-19(8-10-22-16)18(20)17-14(7-9-23-17)12-24-15-5-3-2-4-6-15/h2-7,9,16H,8,10-13H2,1H3. The number of hydrogen-bond acceptors (Lipinski definition) is 5. The number of rotatable bonds is 6. The van der Waals surface area contributed by atoms with Crippen molar-refractivity contribution >= 4 is 5.91 Å². The molecule has 0 N–H and O–H groups in total. The van der Waals surface area contributed by atoms with Crippen molar-refractivity contribution in [3.63, 3.8) is 0 Å². The first-order chi connectivity index (χ1) is 11.8. The SMILES string of the molecule is COCC1CN(C(=O)c2occc2COc2ccccc2)CCO1. The number of nitrogens with zero attached hydrogens (tertiary/aromatic N) is 1. The summed E-state index contributed by atoms with van der Waals surface area (Å²) in [5.74, 6) is 0.934. The minimum absolute atomic E-state index is 0.105. The summed E-state index contributed by atoms with van der Waals surface area (Å²) in [7, 11) is 1.62. The summed E-state index contributed by atoms with van der Waals surface area (Å²) >= 11 is 0. The normalized spacial score (nSPS) is 17.7. The van der Waals surface area contributed by atoms with Gasteiger partial charge in [-0.15, -0.1) is 0 Å². The van der Waals surface area contributed by atoms with E-state index in [1.807, 2.05) is 30.3 Å². The largest absolute Gasteiger partial charge is 0.489 e. The van der Waals surface area contributed by atoms with Crippen molar-refractivity contribution in [1.29, 1.82) is 0 Å². The third-order valence-electron chi connectivity index (χ3n) is 3.86. The van der Waals surface area contributed by atoms with Crippen molar-refractivity contribution in [3.8, 4) is 5.75 Å². The van der Waals surface area contributed by atoms with Crippen molar-refractivity contribution in [2.75, 3.05) is 33.4 Å². The highest BCUT2D eigenvalue weighted by atomic mass is 16.5. The molecular formula is C18H21NO5. The molecule has 0 radical (unpaired) electrons. The van der Waals surface area contributed by atoms with Crippen LogP contribution in [0.3, 0.4) is 0 Å². The van der Waals surface area contributed by atoms with Gasteiger partial charge in [0.1, 0.15) is 12.4 Å². The summed E-state index contributed by atoms with van der Waals surface area (Å²) in [6.45, 7) is 2.28. The molecule has 0 aliphatic carbocycles. The van der Waals surface area contributed by atoms with Crippen LogP contribution in [0.5, 0.6) is 5.75 Å². The quantitative estimate of drug-likeness (QED) is 0.813. The van der Waals surface area contributed by atoms with E-state index in [1.165, 1.54) is 6.26 Å². The number of carbonyl (C=O) groups excluding carboxylic acids is 1. The first-order valence-corrected chi connectivity index (χ1v) is 7.92. The first kappa shape index (κ1) is 16.5. The molecule has 0 spiro atoms. The van der Waals surface area contributed by atoms with Crippen LogP contribution in [0.2, 0.25) is 0 Å². The minimum Gasteiger partial charge on any atom is -0.489 e. The van der Waals surface area contributed by atoms with Gasteiger partial charge in [-0.05, 0) is 18.2 Å². The fourth-order valence-corrected chi connectivity index (χ4v) is 2.65. The van der Waals surface area contributed by atoms with Crippen molar-refractivity contribution in [2.45, 2.75) is 12.7 Å². The molecular weight excluding hydrogens is 310 g/mol. The summed E-state index contributed by atoms with van der Waals surface area (Å²) in [6.07, 6.45) is 1.41. The Bertz CT molecular complexity index is 652. The fraction of sp³-hybridized carbons (Fsp3) is 0.389. The number of methoxy groups -OCH3 is 1. The zero-order valence-corrected chi connectivity index (χ0v) is 13.6. The molecule has 2 heterocycles. The lowest BCUT2D eigenvalue weighted by Gasteiger charge is -2.32. The van der Waals surface area contributed by atoms with Gasteiger partial charge < -0.3 is 23.5 Å². The molecule has 1 amide bonds. The van der Waals surface area contributed by atoms with E-state index < -0.39 is 0 Å². The molecule has 3 rings (SSSR count). The number of morpholine rings is 1. The van der Waals surface area contributed by atoms with Gasteiger partial charge >= 0.3 is 0 Å². The van der Waals surface area contributed by atoms with E-state index in [0.29, 0.717) is 32.1 Å². The van der Waals surface area contributed by atoms with E-state index in [-0.39, 0.29) is 18.6 Å². The molecule has 1 saturated heterocycles. The van der Waals surface area contributed by atoms with Crippen molar-refractivity contribution in [2.24, 2.45) is 0 Å². The van der Waals surface area contributed by atoms with E-state index >= 15 is 0 Å². The predicted octanol–water partition coefficient (Wildman–Crippen LogP) is 2.35. The van der Waals surface area contributed by atoms with Crippen LogP contribution < -0.4 is 4.74 Å². The van der Waals surface area contributed by atoms with Gasteiger partial charge in [0, 0.05) is 25.8 Å². The predicted molar refractivity (Wildman–Crippen MR) is 87.0 cm³/mol. The zero-order chi connectivity index (χ0) is 16.8. The molecule has 1 aromatic heterocycles. The van der Waals surface area contributed by atoms with Crippen LogP contribution >= 0.6 is 0 Å². The Morgan fingerprint density at radius 3 is 2.92 bits per heavy atom. The lowest BCUT2D eigenvalue weighted by Crippen LogP contribution is -2.47. The summed E-state index contributed by atoms with van der Waals surface area (Å²) in [5, 5.41) is 0. The number of hydrogen-bond donors (Lipinski definition) is 0. The molecule has 1 aromatic carbocycles. The number of amides is 1. The van der Waals surface area contributed by atoms with Crippen LogP contribution in [0.15, 0.2) is 47.1 Å². The van der Waals surface area contributed by atoms with Gasteiger partial charge in [-0.1, -0.05) is 18.2 Å². The van der Waals surface area contributed by atoms with Gasteiger partial charge in [-0.3, -0.25) is 4.79 Å². The van der Waals surface area contributed by atoms with Crippen LogP contribution in [0, 0.1) is 0 Å². The smallest absolute Gasteiger partial charge is 0.290 e. The third-order valence-corrected chi connectivity index (χ3v) is 3.86. The second-order valence-corrected chi connectivity index (χ2v) is 5.58. The van der Waals surface area contributed by atoms with E-state index in [0.717, 1.165) is 11.3 Å². The average molecular weight is 331 g/mol. The molecule has 0 bridgehead atoms. The summed E-state index contributed by atoms with van der Waals surface area (Å²) < 4.78 is 21.8. The molecule has 0 saturated carbocycles. The van der Waals surface area contributed by atoms with Crippen LogP contribution in [0.1, 0.15) is 16.1 Å². The highest BCUT2D eigenvalue weighted by Gasteiger charge is 2.28. The second-order valence-electron chi connectivity index (χ2n) is 5.58. The van der Waals surface area contributed by atoms with Crippen LogP contribution in [-0.4, -0.2) is 50.3 Å². The fourth-order valence-electron chi connectivity index (χ4n) is 2.65. The summed E-state index contributed by atoms with van der Waals surface area (Å²) in [4.78, 5) is 14.5. The number of para-hydroxylation sites is 1. The van der Waals surface area contributed by atoms with Gasteiger partial charge in [-0.25, -0.2) is 0 Å². The Morgan fingerprint density at radius 2 is 2.12 bits per heavy atom. The van der Waals surface area contributed by atoms with E-state index in [9.17, 15) is 4.79 Å². The lowest BCUT2D eigenvalue weighted by atomic mass is 10.2. The first-order valence-electron chi connectivity index (χ1n) is 7.92. The van der Waals surface area contributed by atoms with Crippen LogP contribution in [0.25, 0.3) is 0 Å². The van der Waals surface area contributed by atoms with E-state index in [4.69, 9.17) is 18.6 Å². The van der Waals surface area contributed by atoms with Crippen molar-refractivity contribution in [3.05, 3.63) is 54.0 Å². The molecule has 6 heteroatoms. The maximum absolute atomic E-state index is 12.7. The Labute approximate surface area is 140 Å². The van der Waals surface area contributed by atoms with Gasteiger partial charge in [0.2, 0.25) is 0 Å². The van der Waals surface area contributed by atoms with E-state index in [2.05, 4.69) is 0 Å². The Kier molecular flexibility index (Phi) is 5.51. The molecule has 128 valence electrons. The van der Waals surface area contributed by atoms with E-state index in [1.54, 1.807) is 18.1 Å². The van der Waals surface area contributed by atoms with Crippen LogP contribution in [-0.2, 0) is 16.1 Å². The van der Waals surface area contributed by atoms with Gasteiger partial charge in [-0.2, -0.15) is 0 Å². The zero-order valence-electron chi connectivity index (χ0n) is 13.6. The topological polar surface area (TPSA) is 61.1 Å². The highest BCUT2D eigenvalue weighted by molar-refractivity contribution is 5.93. The van der Waals surface area contributed by atoms with Crippen LogP contribution in [0.4, 0.5) is 0 Å². The lowest BCUT2D eigenvalue weighted by molar-refractivity contribution is -0.0537. The molecule has 2 aromatic rings. The summed E-state index contributed by atoms with van der Waals surface area (Å²) in [6, 6.07) is 11.2. The Balaban J connectivity index is 1.64. The summed E-state index contributed by atoms with van der Waals surface area (Å²) in [5.41, 5.74) is 0.735. The maximum Gasteiger partial charge on any atom is 0.290 e. The molecule has 1 aliphatic rings. The second kappa shape index (κ2) is 7.99. The molecule has 1 atom stereocenters. The number of furan rings is 1.